The molecule has 0 spiro atoms. The van der Waals surface area contributed by atoms with Crippen molar-refractivity contribution in [2.24, 2.45) is 0 Å². The lowest BCUT2D eigenvalue weighted by Crippen LogP contribution is -2.49. The minimum absolute atomic E-state index is 0.0454. The van der Waals surface area contributed by atoms with Gasteiger partial charge in [0.2, 0.25) is 11.8 Å². The quantitative estimate of drug-likeness (QED) is 0.256. The Hall–Kier alpha value is -2.87. The highest BCUT2D eigenvalue weighted by molar-refractivity contribution is 7.99. The second-order valence-corrected chi connectivity index (χ2v) is 8.98. The van der Waals surface area contributed by atoms with Gasteiger partial charge in [-0.3, -0.25) is 19.7 Å². The fourth-order valence-electron chi connectivity index (χ4n) is 3.49. The van der Waals surface area contributed by atoms with Gasteiger partial charge in [-0.05, 0) is 30.9 Å². The third-order valence-corrected chi connectivity index (χ3v) is 6.28. The molecular formula is C25H33N3O4S. The van der Waals surface area contributed by atoms with Crippen LogP contribution in [-0.2, 0) is 21.9 Å². The molecule has 0 bridgehead atoms. The number of nitro groups is 1. The van der Waals surface area contributed by atoms with E-state index in [-0.39, 0.29) is 23.3 Å². The van der Waals surface area contributed by atoms with Crippen molar-refractivity contribution in [3.8, 4) is 0 Å². The Kier molecular flexibility index (Phi) is 10.9. The van der Waals surface area contributed by atoms with Gasteiger partial charge in [0.1, 0.15) is 6.04 Å². The molecule has 7 nitrogen and oxygen atoms in total. The molecule has 0 aromatic heterocycles. The molecule has 0 aliphatic rings. The summed E-state index contributed by atoms with van der Waals surface area (Å²) in [7, 11) is 0. The first-order chi connectivity index (χ1) is 15.8. The van der Waals surface area contributed by atoms with E-state index in [4.69, 9.17) is 0 Å². The SMILES string of the molecule is CCCCNC(=O)[C@H](CC)N(Cc1cccc(C)c1)C(=O)CSCc1ccc([N+](=O)[O-])cc1. The number of thioether (sulfide) groups is 1. The molecule has 2 aromatic carbocycles. The molecule has 0 unspecified atom stereocenters. The highest BCUT2D eigenvalue weighted by Gasteiger charge is 2.28. The Morgan fingerprint density at radius 3 is 2.45 bits per heavy atom. The highest BCUT2D eigenvalue weighted by Crippen LogP contribution is 2.19. The van der Waals surface area contributed by atoms with Gasteiger partial charge >= 0.3 is 0 Å². The average molecular weight is 472 g/mol. The van der Waals surface area contributed by atoms with E-state index in [0.29, 0.717) is 25.3 Å². The van der Waals surface area contributed by atoms with Crippen molar-refractivity contribution in [1.29, 1.82) is 0 Å². The largest absolute Gasteiger partial charge is 0.354 e. The topological polar surface area (TPSA) is 92.6 Å². The summed E-state index contributed by atoms with van der Waals surface area (Å²) in [6.07, 6.45) is 2.42. The first-order valence-electron chi connectivity index (χ1n) is 11.3. The Morgan fingerprint density at radius 1 is 1.12 bits per heavy atom. The zero-order chi connectivity index (χ0) is 24.2. The lowest BCUT2D eigenvalue weighted by Gasteiger charge is -2.30. The van der Waals surface area contributed by atoms with Crippen LogP contribution in [0.15, 0.2) is 48.5 Å². The molecule has 0 fully saturated rings. The third-order valence-electron chi connectivity index (χ3n) is 5.29. The van der Waals surface area contributed by atoms with Crippen LogP contribution in [0.5, 0.6) is 0 Å². The van der Waals surface area contributed by atoms with Gasteiger partial charge in [0.15, 0.2) is 0 Å². The van der Waals surface area contributed by atoms with Crippen molar-refractivity contribution < 1.29 is 14.5 Å². The molecular weight excluding hydrogens is 438 g/mol. The van der Waals surface area contributed by atoms with E-state index in [1.54, 1.807) is 17.0 Å². The van der Waals surface area contributed by atoms with E-state index in [1.807, 2.05) is 38.1 Å². The van der Waals surface area contributed by atoms with Gasteiger partial charge < -0.3 is 10.2 Å². The number of hydrogen-bond acceptors (Lipinski definition) is 5. The van der Waals surface area contributed by atoms with E-state index >= 15 is 0 Å². The normalized spacial score (nSPS) is 11.6. The molecule has 0 radical (unpaired) electrons. The van der Waals surface area contributed by atoms with Crippen LogP contribution < -0.4 is 5.32 Å². The van der Waals surface area contributed by atoms with E-state index in [1.165, 1.54) is 23.9 Å². The summed E-state index contributed by atoms with van der Waals surface area (Å²) in [4.78, 5) is 38.2. The molecule has 0 aliphatic heterocycles. The van der Waals surface area contributed by atoms with Gasteiger partial charge in [-0.25, -0.2) is 0 Å². The number of unbranched alkanes of at least 4 members (excludes halogenated alkanes) is 1. The van der Waals surface area contributed by atoms with Crippen LogP contribution in [0.4, 0.5) is 5.69 Å². The van der Waals surface area contributed by atoms with Crippen molar-refractivity contribution in [3.63, 3.8) is 0 Å². The predicted molar refractivity (Wildman–Crippen MR) is 133 cm³/mol. The molecule has 0 heterocycles. The average Bonchev–Trinajstić information content (AvgIpc) is 2.79. The summed E-state index contributed by atoms with van der Waals surface area (Å²) >= 11 is 1.44. The summed E-state index contributed by atoms with van der Waals surface area (Å²) in [5, 5.41) is 13.8. The monoisotopic (exact) mass is 471 g/mol. The van der Waals surface area contributed by atoms with Crippen LogP contribution in [0.3, 0.4) is 0 Å². The minimum Gasteiger partial charge on any atom is -0.354 e. The second kappa shape index (κ2) is 13.6. The number of nitro benzene ring substituents is 1. The first kappa shape index (κ1) is 26.4. The summed E-state index contributed by atoms with van der Waals surface area (Å²) in [6.45, 7) is 6.97. The Labute approximate surface area is 200 Å². The van der Waals surface area contributed by atoms with E-state index in [9.17, 15) is 19.7 Å². The standard InChI is InChI=1S/C25H33N3O4S/c1-4-6-14-26-25(30)23(5-2)27(16-21-9-7-8-19(3)15-21)24(29)18-33-17-20-10-12-22(13-11-20)28(31)32/h7-13,15,23H,4-6,14,16-18H2,1-3H3,(H,26,30)/t23-/m0/s1. The Balaban J connectivity index is 2.08. The maximum atomic E-state index is 13.2. The number of rotatable bonds is 13. The fraction of sp³-hybridized carbons (Fsp3) is 0.440. The lowest BCUT2D eigenvalue weighted by molar-refractivity contribution is -0.384. The zero-order valence-electron chi connectivity index (χ0n) is 19.6. The summed E-state index contributed by atoms with van der Waals surface area (Å²) in [6, 6.07) is 13.8. The van der Waals surface area contributed by atoms with Crippen LogP contribution in [0, 0.1) is 17.0 Å². The van der Waals surface area contributed by atoms with Gasteiger partial charge in [0, 0.05) is 31.0 Å². The minimum atomic E-state index is -0.533. The van der Waals surface area contributed by atoms with E-state index < -0.39 is 11.0 Å². The van der Waals surface area contributed by atoms with Crippen LogP contribution in [0.1, 0.15) is 49.8 Å². The smallest absolute Gasteiger partial charge is 0.269 e. The molecule has 2 rings (SSSR count). The maximum absolute atomic E-state index is 13.2. The van der Waals surface area contributed by atoms with Crippen LogP contribution in [0.25, 0.3) is 0 Å². The third kappa shape index (κ3) is 8.53. The van der Waals surface area contributed by atoms with Crippen LogP contribution in [0.2, 0.25) is 0 Å². The number of nitrogens with one attached hydrogen (secondary N) is 1. The number of benzene rings is 2. The number of non-ortho nitro benzene ring substituents is 1. The number of amides is 2. The molecule has 1 N–H and O–H groups in total. The van der Waals surface area contributed by atoms with Crippen molar-refractivity contribution in [2.45, 2.75) is 58.4 Å². The molecule has 0 aliphatic carbocycles. The van der Waals surface area contributed by atoms with Crippen LogP contribution >= 0.6 is 11.8 Å². The molecule has 0 saturated carbocycles. The predicted octanol–water partition coefficient (Wildman–Crippen LogP) is 4.86. The van der Waals surface area contributed by atoms with Gasteiger partial charge in [-0.1, -0.05) is 62.2 Å². The lowest BCUT2D eigenvalue weighted by atomic mass is 10.1. The molecule has 33 heavy (non-hydrogen) atoms. The Morgan fingerprint density at radius 2 is 1.85 bits per heavy atom. The van der Waals surface area contributed by atoms with Crippen molar-refractivity contribution in [2.75, 3.05) is 12.3 Å². The van der Waals surface area contributed by atoms with Crippen LogP contribution in [-0.4, -0.2) is 40.0 Å². The maximum Gasteiger partial charge on any atom is 0.269 e. The number of carbonyl (C=O) groups excluding carboxylic acids is 2. The summed E-state index contributed by atoms with van der Waals surface area (Å²) in [5.41, 5.74) is 3.05. The van der Waals surface area contributed by atoms with E-state index in [0.717, 1.165) is 29.5 Å². The number of aryl methyl sites for hydroxylation is 1. The first-order valence-corrected chi connectivity index (χ1v) is 12.4. The number of hydrogen-bond donors (Lipinski definition) is 1. The molecule has 1 atom stereocenters. The zero-order valence-corrected chi connectivity index (χ0v) is 20.4. The highest BCUT2D eigenvalue weighted by atomic mass is 32.2. The molecule has 8 heteroatoms. The second-order valence-electron chi connectivity index (χ2n) is 8.00. The van der Waals surface area contributed by atoms with Gasteiger partial charge in [-0.15, -0.1) is 11.8 Å². The Bertz CT molecular complexity index is 934. The van der Waals surface area contributed by atoms with E-state index in [2.05, 4.69) is 12.2 Å². The van der Waals surface area contributed by atoms with Gasteiger partial charge in [0.05, 0.1) is 10.7 Å². The summed E-state index contributed by atoms with van der Waals surface area (Å²) < 4.78 is 0. The molecule has 178 valence electrons. The fourth-order valence-corrected chi connectivity index (χ4v) is 4.36. The van der Waals surface area contributed by atoms with Crippen molar-refractivity contribution in [3.05, 3.63) is 75.3 Å². The van der Waals surface area contributed by atoms with Gasteiger partial charge in [-0.2, -0.15) is 0 Å². The number of nitrogens with zero attached hydrogens (tertiary/aromatic N) is 2. The van der Waals surface area contributed by atoms with Gasteiger partial charge in [0.25, 0.3) is 5.69 Å². The van der Waals surface area contributed by atoms with Crippen molar-refractivity contribution in [1.82, 2.24) is 10.2 Å². The van der Waals surface area contributed by atoms with Crippen molar-refractivity contribution >= 4 is 29.3 Å². The number of carbonyl (C=O) groups is 2. The molecule has 2 amide bonds. The molecule has 0 saturated heterocycles. The molecule has 2 aromatic rings. The summed E-state index contributed by atoms with van der Waals surface area (Å²) in [5.74, 6) is 0.566.